The van der Waals surface area contributed by atoms with Gasteiger partial charge < -0.3 is 5.11 Å². The van der Waals surface area contributed by atoms with Gasteiger partial charge in [-0.05, 0) is 81.9 Å². The summed E-state index contributed by atoms with van der Waals surface area (Å²) in [5, 5.41) is 10.7. The van der Waals surface area contributed by atoms with Crippen LogP contribution in [0.3, 0.4) is 0 Å². The third-order valence-electron chi connectivity index (χ3n) is 6.10. The molecular weight excluding hydrogens is 304 g/mol. The molecule has 0 radical (unpaired) electrons. The van der Waals surface area contributed by atoms with Crippen molar-refractivity contribution in [3.05, 3.63) is 51.6 Å². The molecule has 0 unspecified atom stereocenters. The van der Waals surface area contributed by atoms with Crippen molar-refractivity contribution in [3.63, 3.8) is 0 Å². The fraction of sp³-hybridized carbons (Fsp3) is 0.583. The first kappa shape index (κ1) is 19.8. The van der Waals surface area contributed by atoms with E-state index in [9.17, 15) is 5.11 Å². The first-order valence-electron chi connectivity index (χ1n) is 10.0. The van der Waals surface area contributed by atoms with E-state index < -0.39 is 0 Å². The molecule has 1 atom stereocenters. The number of hydrogen-bond acceptors (Lipinski definition) is 1. The van der Waals surface area contributed by atoms with Crippen LogP contribution in [0.1, 0.15) is 82.1 Å². The summed E-state index contributed by atoms with van der Waals surface area (Å²) in [5.74, 6) is 1.14. The van der Waals surface area contributed by atoms with Gasteiger partial charge in [-0.2, -0.15) is 0 Å². The predicted octanol–water partition coefficient (Wildman–Crippen LogP) is 6.84. The van der Waals surface area contributed by atoms with E-state index in [0.717, 1.165) is 31.2 Å². The van der Waals surface area contributed by atoms with Crippen molar-refractivity contribution in [3.8, 4) is 5.75 Å². The highest BCUT2D eigenvalue weighted by atomic mass is 16.3. The maximum atomic E-state index is 10.7. The van der Waals surface area contributed by atoms with Gasteiger partial charge in [-0.25, -0.2) is 0 Å². The van der Waals surface area contributed by atoms with Crippen LogP contribution >= 0.6 is 0 Å². The van der Waals surface area contributed by atoms with Gasteiger partial charge in [0.05, 0.1) is 0 Å². The number of aromatic hydroxyl groups is 1. The molecular formula is C24H36O. The molecule has 0 saturated carbocycles. The fourth-order valence-corrected chi connectivity index (χ4v) is 3.78. The lowest BCUT2D eigenvalue weighted by Gasteiger charge is -2.12. The molecule has 1 aromatic rings. The van der Waals surface area contributed by atoms with Gasteiger partial charge in [0.15, 0.2) is 0 Å². The highest BCUT2D eigenvalue weighted by Crippen LogP contribution is 2.39. The van der Waals surface area contributed by atoms with Crippen LogP contribution < -0.4 is 0 Å². The largest absolute Gasteiger partial charge is 0.507 e. The van der Waals surface area contributed by atoms with Crippen LogP contribution in [-0.2, 0) is 19.3 Å². The average Bonchev–Trinajstić information content (AvgIpc) is 3.01. The van der Waals surface area contributed by atoms with Crippen molar-refractivity contribution in [2.75, 3.05) is 0 Å². The molecule has 1 aliphatic rings. The standard InChI is InChI=1S/C24H36O/c1-7-8-9-10-20-13-22-14-21(15-23(22)24(25)19(20)6)18(5)12-11-17(4)16(2)3/h13,17,25H,2,7-12,14-15H2,1,3-6H3/b21-18-/t17-/m0/s1. The Morgan fingerprint density at radius 1 is 1.24 bits per heavy atom. The number of phenols is 1. The Labute approximate surface area is 154 Å². The van der Waals surface area contributed by atoms with Gasteiger partial charge in [-0.3, -0.25) is 0 Å². The van der Waals surface area contributed by atoms with E-state index in [1.54, 1.807) is 0 Å². The summed E-state index contributed by atoms with van der Waals surface area (Å²) in [6.07, 6.45) is 9.09. The summed E-state index contributed by atoms with van der Waals surface area (Å²) in [7, 11) is 0. The van der Waals surface area contributed by atoms with Gasteiger partial charge in [0, 0.05) is 5.56 Å². The summed E-state index contributed by atoms with van der Waals surface area (Å²) in [5.41, 5.74) is 9.29. The Morgan fingerprint density at radius 3 is 2.60 bits per heavy atom. The van der Waals surface area contributed by atoms with E-state index in [-0.39, 0.29) is 0 Å². The van der Waals surface area contributed by atoms with Crippen molar-refractivity contribution >= 4 is 0 Å². The third-order valence-corrected chi connectivity index (χ3v) is 6.10. The van der Waals surface area contributed by atoms with E-state index in [0.29, 0.717) is 11.7 Å². The van der Waals surface area contributed by atoms with Crippen LogP contribution in [0, 0.1) is 12.8 Å². The van der Waals surface area contributed by atoms with E-state index in [1.165, 1.54) is 59.1 Å². The first-order chi connectivity index (χ1) is 11.8. The van der Waals surface area contributed by atoms with Crippen molar-refractivity contribution in [2.24, 2.45) is 5.92 Å². The van der Waals surface area contributed by atoms with E-state index in [4.69, 9.17) is 0 Å². The molecule has 0 heterocycles. The molecule has 0 spiro atoms. The Morgan fingerprint density at radius 2 is 1.96 bits per heavy atom. The molecule has 1 aliphatic carbocycles. The van der Waals surface area contributed by atoms with Gasteiger partial charge in [-0.15, -0.1) is 0 Å². The minimum atomic E-state index is 0.558. The van der Waals surface area contributed by atoms with E-state index in [1.807, 2.05) is 0 Å². The molecule has 2 rings (SSSR count). The molecule has 1 N–H and O–H groups in total. The van der Waals surface area contributed by atoms with Crippen LogP contribution in [0.2, 0.25) is 0 Å². The second-order valence-corrected chi connectivity index (χ2v) is 8.13. The molecule has 0 bridgehead atoms. The predicted molar refractivity (Wildman–Crippen MR) is 109 cm³/mol. The van der Waals surface area contributed by atoms with Crippen LogP contribution in [-0.4, -0.2) is 5.11 Å². The first-order valence-corrected chi connectivity index (χ1v) is 10.0. The van der Waals surface area contributed by atoms with Crippen molar-refractivity contribution in [2.45, 2.75) is 86.0 Å². The van der Waals surface area contributed by atoms with Gasteiger partial charge >= 0.3 is 0 Å². The summed E-state index contributed by atoms with van der Waals surface area (Å²) in [4.78, 5) is 0. The Hall–Kier alpha value is -1.50. The average molecular weight is 341 g/mol. The van der Waals surface area contributed by atoms with Crippen LogP contribution in [0.25, 0.3) is 0 Å². The van der Waals surface area contributed by atoms with Crippen molar-refractivity contribution < 1.29 is 5.11 Å². The normalized spacial score (nSPS) is 16.7. The van der Waals surface area contributed by atoms with Gasteiger partial charge in [-0.1, -0.05) is 56.1 Å². The SMILES string of the molecule is C=C(C)[C@@H](C)CC/C(C)=C1/Cc2cc(CCCCC)c(C)c(O)c2C1. The smallest absolute Gasteiger partial charge is 0.122 e. The maximum absolute atomic E-state index is 10.7. The third kappa shape index (κ3) is 4.77. The second-order valence-electron chi connectivity index (χ2n) is 8.13. The van der Waals surface area contributed by atoms with Crippen molar-refractivity contribution in [1.82, 2.24) is 0 Å². The summed E-state index contributed by atoms with van der Waals surface area (Å²) < 4.78 is 0. The minimum Gasteiger partial charge on any atom is -0.507 e. The number of aryl methyl sites for hydroxylation is 1. The number of fused-ring (bicyclic) bond motifs is 1. The molecule has 0 aliphatic heterocycles. The van der Waals surface area contributed by atoms with E-state index >= 15 is 0 Å². The zero-order valence-electron chi connectivity index (χ0n) is 17.0. The van der Waals surface area contributed by atoms with Crippen LogP contribution in [0.5, 0.6) is 5.75 Å². The number of benzene rings is 1. The molecule has 1 aromatic carbocycles. The quantitative estimate of drug-likeness (QED) is 0.405. The second kappa shape index (κ2) is 8.74. The molecule has 1 heteroatoms. The molecule has 1 nitrogen and oxygen atoms in total. The topological polar surface area (TPSA) is 20.2 Å². The lowest BCUT2D eigenvalue weighted by atomic mass is 9.94. The fourth-order valence-electron chi connectivity index (χ4n) is 3.78. The molecule has 0 fully saturated rings. The Kier molecular flexibility index (Phi) is 6.93. The summed E-state index contributed by atoms with van der Waals surface area (Å²) >= 11 is 0. The Balaban J connectivity index is 2.14. The summed E-state index contributed by atoms with van der Waals surface area (Å²) in [6.45, 7) is 15.1. The van der Waals surface area contributed by atoms with Crippen molar-refractivity contribution in [1.29, 1.82) is 0 Å². The summed E-state index contributed by atoms with van der Waals surface area (Å²) in [6, 6.07) is 2.37. The van der Waals surface area contributed by atoms with Gasteiger partial charge in [0.1, 0.15) is 5.75 Å². The molecule has 0 amide bonds. The van der Waals surface area contributed by atoms with Gasteiger partial charge in [0.25, 0.3) is 0 Å². The van der Waals surface area contributed by atoms with Crippen LogP contribution in [0.4, 0.5) is 0 Å². The van der Waals surface area contributed by atoms with E-state index in [2.05, 4.69) is 47.3 Å². The van der Waals surface area contributed by atoms with Gasteiger partial charge in [0.2, 0.25) is 0 Å². The molecule has 0 saturated heterocycles. The highest BCUT2D eigenvalue weighted by Gasteiger charge is 2.23. The molecule has 138 valence electrons. The number of hydrogen-bond donors (Lipinski definition) is 1. The monoisotopic (exact) mass is 340 g/mol. The minimum absolute atomic E-state index is 0.558. The maximum Gasteiger partial charge on any atom is 0.122 e. The molecule has 25 heavy (non-hydrogen) atoms. The number of phenolic OH excluding ortho intramolecular Hbond substituents is 1. The Bertz CT molecular complexity index is 663. The lowest BCUT2D eigenvalue weighted by molar-refractivity contribution is 0.464. The zero-order chi connectivity index (χ0) is 18.6. The number of rotatable bonds is 8. The highest BCUT2D eigenvalue weighted by molar-refractivity contribution is 5.55. The zero-order valence-corrected chi connectivity index (χ0v) is 17.0. The molecule has 0 aromatic heterocycles. The lowest BCUT2D eigenvalue weighted by Crippen LogP contribution is -1.97. The number of allylic oxidation sites excluding steroid dienone is 3. The van der Waals surface area contributed by atoms with Crippen LogP contribution in [0.15, 0.2) is 29.4 Å². The number of unbranched alkanes of at least 4 members (excludes halogenated alkanes) is 2.